The molecule has 3 heterocycles. The zero-order valence-electron chi connectivity index (χ0n) is 16.1. The molecule has 0 saturated carbocycles. The van der Waals surface area contributed by atoms with E-state index in [1.54, 1.807) is 0 Å². The van der Waals surface area contributed by atoms with Crippen molar-refractivity contribution in [3.63, 3.8) is 0 Å². The second-order valence-corrected chi connectivity index (χ2v) is 8.52. The van der Waals surface area contributed by atoms with Gasteiger partial charge in [-0.25, -0.2) is 0 Å². The van der Waals surface area contributed by atoms with Gasteiger partial charge >= 0.3 is 0 Å². The van der Waals surface area contributed by atoms with Crippen molar-refractivity contribution in [3.05, 3.63) is 65.5 Å². The van der Waals surface area contributed by atoms with Crippen molar-refractivity contribution in [2.45, 2.75) is 30.0 Å². The van der Waals surface area contributed by atoms with Gasteiger partial charge < -0.3 is 14.4 Å². The topological polar surface area (TPSA) is 39.5 Å². The van der Waals surface area contributed by atoms with Gasteiger partial charge in [0.2, 0.25) is 6.79 Å². The Morgan fingerprint density at radius 2 is 2.00 bits per heavy atom. The lowest BCUT2D eigenvalue weighted by Crippen LogP contribution is -2.24. The van der Waals surface area contributed by atoms with Crippen LogP contribution in [0.25, 0.3) is 0 Å². The molecular weight excluding hydrogens is 370 g/mol. The van der Waals surface area contributed by atoms with E-state index >= 15 is 0 Å². The average Bonchev–Trinajstić information content (AvgIpc) is 3.25. The summed E-state index contributed by atoms with van der Waals surface area (Å²) in [6.07, 6.45) is 3.06. The van der Waals surface area contributed by atoms with Crippen LogP contribution in [0.3, 0.4) is 0 Å². The van der Waals surface area contributed by atoms with Crippen LogP contribution in [0, 0.1) is 6.92 Å². The highest BCUT2D eigenvalue weighted by Crippen LogP contribution is 2.47. The fourth-order valence-electron chi connectivity index (χ4n) is 3.84. The molecule has 3 aromatic rings. The number of thioether (sulfide) groups is 1. The van der Waals surface area contributed by atoms with Gasteiger partial charge in [0.1, 0.15) is 0 Å². The number of ether oxygens (including phenoxy) is 2. The Morgan fingerprint density at radius 3 is 2.86 bits per heavy atom. The van der Waals surface area contributed by atoms with E-state index < -0.39 is 0 Å². The molecule has 2 aliphatic heterocycles. The van der Waals surface area contributed by atoms with Gasteiger partial charge in [-0.2, -0.15) is 5.10 Å². The van der Waals surface area contributed by atoms with Crippen LogP contribution >= 0.6 is 11.8 Å². The van der Waals surface area contributed by atoms with Crippen LogP contribution in [0.15, 0.2) is 53.6 Å². The highest BCUT2D eigenvalue weighted by molar-refractivity contribution is 7.99. The van der Waals surface area contributed by atoms with Crippen LogP contribution in [-0.2, 0) is 13.6 Å². The molecule has 144 valence electrons. The fraction of sp³-hybridized carbons (Fsp3) is 0.318. The van der Waals surface area contributed by atoms with Crippen molar-refractivity contribution in [1.29, 1.82) is 0 Å². The van der Waals surface area contributed by atoms with Crippen molar-refractivity contribution in [3.8, 4) is 11.5 Å². The Hall–Kier alpha value is -2.60. The molecule has 0 N–H and O–H groups in total. The number of hydrogen-bond donors (Lipinski definition) is 0. The maximum Gasteiger partial charge on any atom is 0.231 e. The van der Waals surface area contributed by atoms with Gasteiger partial charge in [0, 0.05) is 41.5 Å². The second-order valence-electron chi connectivity index (χ2n) is 7.28. The van der Waals surface area contributed by atoms with E-state index in [2.05, 4.69) is 53.3 Å². The van der Waals surface area contributed by atoms with Gasteiger partial charge in [-0.1, -0.05) is 18.2 Å². The molecule has 5 rings (SSSR count). The number of aryl methyl sites for hydroxylation is 1. The molecule has 1 atom stereocenters. The first-order chi connectivity index (χ1) is 13.7. The van der Waals surface area contributed by atoms with E-state index in [-0.39, 0.29) is 0 Å². The molecule has 0 fully saturated rings. The minimum atomic E-state index is 0.317. The Morgan fingerprint density at radius 1 is 1.14 bits per heavy atom. The largest absolute Gasteiger partial charge is 0.454 e. The molecule has 0 aliphatic carbocycles. The highest BCUT2D eigenvalue weighted by atomic mass is 32.2. The summed E-state index contributed by atoms with van der Waals surface area (Å²) in [6.45, 7) is 4.33. The first-order valence-electron chi connectivity index (χ1n) is 9.57. The summed E-state index contributed by atoms with van der Waals surface area (Å²) in [4.78, 5) is 3.81. The Kier molecular flexibility index (Phi) is 4.43. The maximum atomic E-state index is 5.60. The molecule has 0 radical (unpaired) electrons. The molecule has 0 bridgehead atoms. The SMILES string of the molecule is Cc1c(CN2CC[C@@H](c3ccc4c(c3)OCO4)Sc3ccccc32)cnn1C. The molecule has 5 nitrogen and oxygen atoms in total. The number of benzene rings is 2. The summed E-state index contributed by atoms with van der Waals surface area (Å²) in [5.41, 5.74) is 5.10. The van der Waals surface area contributed by atoms with E-state index in [9.17, 15) is 0 Å². The lowest BCUT2D eigenvalue weighted by atomic mass is 10.1. The van der Waals surface area contributed by atoms with Crippen molar-refractivity contribution in [2.75, 3.05) is 18.2 Å². The predicted molar refractivity (Wildman–Crippen MR) is 111 cm³/mol. The summed E-state index contributed by atoms with van der Waals surface area (Å²) in [6, 6.07) is 15.1. The van der Waals surface area contributed by atoms with E-state index in [1.165, 1.54) is 27.4 Å². The van der Waals surface area contributed by atoms with E-state index in [0.29, 0.717) is 12.0 Å². The number of nitrogens with zero attached hydrogens (tertiary/aromatic N) is 3. The quantitative estimate of drug-likeness (QED) is 0.645. The van der Waals surface area contributed by atoms with Gasteiger partial charge in [-0.15, -0.1) is 11.8 Å². The van der Waals surface area contributed by atoms with Gasteiger partial charge in [-0.3, -0.25) is 4.68 Å². The van der Waals surface area contributed by atoms with Crippen LogP contribution < -0.4 is 14.4 Å². The van der Waals surface area contributed by atoms with Crippen molar-refractivity contribution in [2.24, 2.45) is 7.05 Å². The van der Waals surface area contributed by atoms with Crippen molar-refractivity contribution in [1.82, 2.24) is 9.78 Å². The van der Waals surface area contributed by atoms with Crippen LogP contribution in [0.1, 0.15) is 28.5 Å². The standard InChI is InChI=1S/C22H23N3O2S/c1-15-17(12-23-24(15)2)13-25-10-9-21(28-22-6-4-3-5-18(22)25)16-7-8-19-20(11-16)27-14-26-19/h3-8,11-12,21H,9-10,13-14H2,1-2H3/t21-/m0/s1. The summed E-state index contributed by atoms with van der Waals surface area (Å²) < 4.78 is 13.0. The molecule has 0 saturated heterocycles. The minimum Gasteiger partial charge on any atom is -0.454 e. The lowest BCUT2D eigenvalue weighted by molar-refractivity contribution is 0.174. The number of aromatic nitrogens is 2. The van der Waals surface area contributed by atoms with Gasteiger partial charge in [0.05, 0.1) is 11.9 Å². The predicted octanol–water partition coefficient (Wildman–Crippen LogP) is 4.70. The molecule has 6 heteroatoms. The van der Waals surface area contributed by atoms with Crippen molar-refractivity contribution < 1.29 is 9.47 Å². The Bertz CT molecular complexity index is 1020. The molecule has 1 aromatic heterocycles. The molecule has 2 aliphatic rings. The summed E-state index contributed by atoms with van der Waals surface area (Å²) >= 11 is 1.94. The molecular formula is C22H23N3O2S. The minimum absolute atomic E-state index is 0.317. The maximum absolute atomic E-state index is 5.60. The third-order valence-electron chi connectivity index (χ3n) is 5.60. The van der Waals surface area contributed by atoms with Gasteiger partial charge in [0.15, 0.2) is 11.5 Å². The van der Waals surface area contributed by atoms with Gasteiger partial charge in [0.25, 0.3) is 0 Å². The average molecular weight is 394 g/mol. The van der Waals surface area contributed by atoms with Gasteiger partial charge in [-0.05, 0) is 43.2 Å². The third kappa shape index (κ3) is 3.11. The Balaban J connectivity index is 1.45. The first kappa shape index (κ1) is 17.5. The molecule has 0 amide bonds. The number of rotatable bonds is 3. The number of anilines is 1. The molecule has 0 spiro atoms. The zero-order valence-corrected chi connectivity index (χ0v) is 16.9. The number of fused-ring (bicyclic) bond motifs is 2. The number of hydrogen-bond acceptors (Lipinski definition) is 5. The summed E-state index contributed by atoms with van der Waals surface area (Å²) in [5, 5.41) is 4.80. The molecule has 28 heavy (non-hydrogen) atoms. The van der Waals surface area contributed by atoms with Crippen LogP contribution in [0.5, 0.6) is 11.5 Å². The monoisotopic (exact) mass is 393 g/mol. The highest BCUT2D eigenvalue weighted by Gasteiger charge is 2.25. The lowest BCUT2D eigenvalue weighted by Gasteiger charge is -2.24. The summed E-state index contributed by atoms with van der Waals surface area (Å²) in [7, 11) is 2.00. The van der Waals surface area contributed by atoms with Crippen molar-refractivity contribution >= 4 is 17.4 Å². The van der Waals surface area contributed by atoms with Crippen LogP contribution in [0.2, 0.25) is 0 Å². The zero-order chi connectivity index (χ0) is 19.1. The second kappa shape index (κ2) is 7.09. The third-order valence-corrected chi connectivity index (χ3v) is 6.99. The fourth-order valence-corrected chi connectivity index (χ4v) is 5.13. The summed E-state index contributed by atoms with van der Waals surface area (Å²) in [5.74, 6) is 1.70. The Labute approximate surface area is 169 Å². The smallest absolute Gasteiger partial charge is 0.231 e. The van der Waals surface area contributed by atoms with E-state index in [0.717, 1.165) is 31.0 Å². The number of para-hydroxylation sites is 1. The molecule has 2 aromatic carbocycles. The van der Waals surface area contributed by atoms with E-state index in [1.807, 2.05) is 35.8 Å². The normalized spacial score (nSPS) is 18.1. The van der Waals surface area contributed by atoms with E-state index in [4.69, 9.17) is 9.47 Å². The van der Waals surface area contributed by atoms with Crippen LogP contribution in [0.4, 0.5) is 5.69 Å². The van der Waals surface area contributed by atoms with Crippen LogP contribution in [-0.4, -0.2) is 23.1 Å². The first-order valence-corrected chi connectivity index (χ1v) is 10.4. The molecule has 0 unspecified atom stereocenters.